The number of benzene rings is 1. The molecular formula is C16H15ClN2O3S. The van der Waals surface area contributed by atoms with Gasteiger partial charge in [0.05, 0.1) is 21.9 Å². The first-order valence-corrected chi connectivity index (χ1v) is 8.53. The topological polar surface area (TPSA) is 60.5 Å². The first kappa shape index (κ1) is 16.0. The highest BCUT2D eigenvalue weighted by Crippen LogP contribution is 2.38. The fourth-order valence-electron chi connectivity index (χ4n) is 2.13. The highest BCUT2D eigenvalue weighted by atomic mass is 35.5. The molecule has 0 radical (unpaired) electrons. The molecule has 0 atom stereocenters. The van der Waals surface area contributed by atoms with Crippen molar-refractivity contribution < 1.29 is 14.3 Å². The molecule has 23 heavy (non-hydrogen) atoms. The molecule has 2 aromatic rings. The van der Waals surface area contributed by atoms with Gasteiger partial charge in [0.15, 0.2) is 11.5 Å². The molecule has 0 fully saturated rings. The van der Waals surface area contributed by atoms with E-state index in [2.05, 4.69) is 17.2 Å². The number of hydrogen-bond donors (Lipinski definition) is 1. The zero-order valence-corrected chi connectivity index (χ0v) is 14.0. The molecular weight excluding hydrogens is 336 g/mol. The molecule has 1 aliphatic heterocycles. The van der Waals surface area contributed by atoms with Crippen LogP contribution >= 0.6 is 23.4 Å². The number of carbonyl (C=O) groups excluding carboxylic acids is 1. The van der Waals surface area contributed by atoms with Crippen molar-refractivity contribution in [1.82, 2.24) is 4.98 Å². The van der Waals surface area contributed by atoms with Crippen molar-refractivity contribution in [2.75, 3.05) is 24.3 Å². The summed E-state index contributed by atoms with van der Waals surface area (Å²) in [6, 6.07) is 6.90. The average molecular weight is 351 g/mol. The van der Waals surface area contributed by atoms with Gasteiger partial charge in [-0.2, -0.15) is 0 Å². The maximum absolute atomic E-state index is 12.4. The first-order chi connectivity index (χ1) is 11.2. The third-order valence-corrected chi connectivity index (χ3v) is 4.25. The van der Waals surface area contributed by atoms with Gasteiger partial charge in [0.2, 0.25) is 0 Å². The number of pyridine rings is 1. The smallest absolute Gasteiger partial charge is 0.255 e. The minimum atomic E-state index is -0.276. The minimum absolute atomic E-state index is 0.276. The van der Waals surface area contributed by atoms with E-state index in [0.717, 1.165) is 10.8 Å². The van der Waals surface area contributed by atoms with Crippen LogP contribution in [0, 0.1) is 0 Å². The molecule has 1 aliphatic rings. The highest BCUT2D eigenvalue weighted by molar-refractivity contribution is 7.99. The van der Waals surface area contributed by atoms with Crippen LogP contribution in [-0.4, -0.2) is 29.9 Å². The fourth-order valence-corrected chi connectivity index (χ4v) is 2.99. The van der Waals surface area contributed by atoms with Crippen LogP contribution in [0.5, 0.6) is 11.5 Å². The molecule has 1 amide bonds. The molecule has 0 aliphatic carbocycles. The molecule has 0 saturated heterocycles. The normalized spacial score (nSPS) is 12.8. The summed E-state index contributed by atoms with van der Waals surface area (Å²) in [7, 11) is 0. The second kappa shape index (κ2) is 7.10. The molecule has 2 heterocycles. The summed E-state index contributed by atoms with van der Waals surface area (Å²) in [5.41, 5.74) is 1.03. The number of ether oxygens (including phenoxy) is 2. The number of carbonyl (C=O) groups is 1. The summed E-state index contributed by atoms with van der Waals surface area (Å²) < 4.78 is 10.9. The van der Waals surface area contributed by atoms with E-state index in [4.69, 9.17) is 21.1 Å². The van der Waals surface area contributed by atoms with Crippen molar-refractivity contribution >= 4 is 35.0 Å². The number of hydrogen-bond acceptors (Lipinski definition) is 5. The van der Waals surface area contributed by atoms with Crippen LogP contribution in [0.3, 0.4) is 0 Å². The van der Waals surface area contributed by atoms with Gasteiger partial charge in [-0.1, -0.05) is 18.5 Å². The number of rotatable bonds is 4. The molecule has 120 valence electrons. The standard InChI is InChI=1S/C16H15ClN2O3S/c1-2-23-14-4-3-11(9-18-14)19-16(20)10-7-12(17)15-13(8-10)21-5-6-22-15/h3-4,7-9H,2,5-6H2,1H3,(H,19,20). The molecule has 3 rings (SSSR count). The summed E-state index contributed by atoms with van der Waals surface area (Å²) in [5, 5.41) is 4.08. The lowest BCUT2D eigenvalue weighted by molar-refractivity contribution is 0.102. The number of fused-ring (bicyclic) bond motifs is 1. The Morgan fingerprint density at radius 3 is 2.91 bits per heavy atom. The number of aromatic nitrogens is 1. The molecule has 0 unspecified atom stereocenters. The number of thioether (sulfide) groups is 1. The van der Waals surface area contributed by atoms with Crippen molar-refractivity contribution in [3.8, 4) is 11.5 Å². The van der Waals surface area contributed by atoms with E-state index in [1.807, 2.05) is 12.1 Å². The Morgan fingerprint density at radius 2 is 2.17 bits per heavy atom. The Balaban J connectivity index is 1.76. The number of amides is 1. The molecule has 1 N–H and O–H groups in total. The van der Waals surface area contributed by atoms with Crippen molar-refractivity contribution in [2.45, 2.75) is 11.9 Å². The molecule has 0 bridgehead atoms. The monoisotopic (exact) mass is 350 g/mol. The minimum Gasteiger partial charge on any atom is -0.486 e. The zero-order chi connectivity index (χ0) is 16.2. The van der Waals surface area contributed by atoms with Gasteiger partial charge in [0, 0.05) is 5.56 Å². The predicted molar refractivity (Wildman–Crippen MR) is 91.0 cm³/mol. The maximum atomic E-state index is 12.4. The van der Waals surface area contributed by atoms with E-state index >= 15 is 0 Å². The van der Waals surface area contributed by atoms with Crippen LogP contribution in [0.1, 0.15) is 17.3 Å². The van der Waals surface area contributed by atoms with Crippen LogP contribution < -0.4 is 14.8 Å². The van der Waals surface area contributed by atoms with Crippen LogP contribution in [0.15, 0.2) is 35.5 Å². The lowest BCUT2D eigenvalue weighted by Gasteiger charge is -2.20. The van der Waals surface area contributed by atoms with Crippen LogP contribution in [0.2, 0.25) is 5.02 Å². The van der Waals surface area contributed by atoms with Gasteiger partial charge < -0.3 is 14.8 Å². The largest absolute Gasteiger partial charge is 0.486 e. The van der Waals surface area contributed by atoms with Gasteiger partial charge in [0.1, 0.15) is 13.2 Å². The van der Waals surface area contributed by atoms with E-state index in [9.17, 15) is 4.79 Å². The Hall–Kier alpha value is -1.92. The zero-order valence-electron chi connectivity index (χ0n) is 12.5. The molecule has 5 nitrogen and oxygen atoms in total. The Bertz CT molecular complexity index is 722. The van der Waals surface area contributed by atoms with Gasteiger partial charge in [-0.15, -0.1) is 11.8 Å². The van der Waals surface area contributed by atoms with Gasteiger partial charge in [-0.05, 0) is 30.0 Å². The summed E-state index contributed by atoms with van der Waals surface area (Å²) in [6.07, 6.45) is 1.63. The second-order valence-corrected chi connectivity index (χ2v) is 6.45. The van der Waals surface area contributed by atoms with Crippen LogP contribution in [0.25, 0.3) is 0 Å². The van der Waals surface area contributed by atoms with Gasteiger partial charge in [0.25, 0.3) is 5.91 Å². The Kier molecular flexibility index (Phi) is 4.93. The fraction of sp³-hybridized carbons (Fsp3) is 0.250. The van der Waals surface area contributed by atoms with E-state index < -0.39 is 0 Å². The number of nitrogens with one attached hydrogen (secondary N) is 1. The van der Waals surface area contributed by atoms with E-state index in [-0.39, 0.29) is 5.91 Å². The number of anilines is 1. The Labute approximate surface area is 143 Å². The molecule has 1 aromatic heterocycles. The SMILES string of the molecule is CCSc1ccc(NC(=O)c2cc(Cl)c3c(c2)OCCO3)cn1. The van der Waals surface area contributed by atoms with Gasteiger partial charge in [-0.25, -0.2) is 4.98 Å². The second-order valence-electron chi connectivity index (χ2n) is 4.75. The van der Waals surface area contributed by atoms with Gasteiger partial charge in [-0.3, -0.25) is 4.79 Å². The summed E-state index contributed by atoms with van der Waals surface area (Å²) in [6.45, 7) is 2.95. The van der Waals surface area contributed by atoms with Crippen LogP contribution in [-0.2, 0) is 0 Å². The van der Waals surface area contributed by atoms with E-state index in [1.165, 1.54) is 0 Å². The van der Waals surface area contributed by atoms with Crippen molar-refractivity contribution in [3.05, 3.63) is 41.0 Å². The summed E-state index contributed by atoms with van der Waals surface area (Å²) in [5.74, 6) is 1.65. The lowest BCUT2D eigenvalue weighted by Crippen LogP contribution is -2.17. The third-order valence-electron chi connectivity index (χ3n) is 3.15. The number of nitrogens with zero attached hydrogens (tertiary/aromatic N) is 1. The lowest BCUT2D eigenvalue weighted by atomic mass is 10.1. The molecule has 0 spiro atoms. The van der Waals surface area contributed by atoms with Crippen LogP contribution in [0.4, 0.5) is 5.69 Å². The Morgan fingerprint density at radius 1 is 1.35 bits per heavy atom. The highest BCUT2D eigenvalue weighted by Gasteiger charge is 2.19. The van der Waals surface area contributed by atoms with Gasteiger partial charge >= 0.3 is 0 Å². The molecule has 1 aromatic carbocycles. The van der Waals surface area contributed by atoms with E-state index in [0.29, 0.717) is 41.0 Å². The van der Waals surface area contributed by atoms with E-state index in [1.54, 1.807) is 30.1 Å². The predicted octanol–water partition coefficient (Wildman–Crippen LogP) is 3.87. The summed E-state index contributed by atoms with van der Waals surface area (Å²) >= 11 is 7.79. The summed E-state index contributed by atoms with van der Waals surface area (Å²) in [4.78, 5) is 16.6. The first-order valence-electron chi connectivity index (χ1n) is 7.16. The molecule has 7 heteroatoms. The van der Waals surface area contributed by atoms with Crippen molar-refractivity contribution in [3.63, 3.8) is 0 Å². The number of halogens is 1. The average Bonchev–Trinajstić information content (AvgIpc) is 2.57. The third kappa shape index (κ3) is 3.71. The molecule has 0 saturated carbocycles. The van der Waals surface area contributed by atoms with Crippen molar-refractivity contribution in [1.29, 1.82) is 0 Å². The quantitative estimate of drug-likeness (QED) is 0.848. The van der Waals surface area contributed by atoms with Crippen molar-refractivity contribution in [2.24, 2.45) is 0 Å². The maximum Gasteiger partial charge on any atom is 0.255 e.